The molecule has 0 amide bonds. The number of hydrogen-bond acceptors (Lipinski definition) is 10. The van der Waals surface area contributed by atoms with Crippen molar-refractivity contribution in [1.29, 1.82) is 0 Å². The number of epoxide rings is 1. The molecular weight excluding hydrogens is 496 g/mol. The summed E-state index contributed by atoms with van der Waals surface area (Å²) in [6.07, 6.45) is 1.66. The Bertz CT molecular complexity index is 934. The Balaban J connectivity index is 1.54. The maximum Gasteiger partial charge on any atom is 0.303 e. The molecule has 3 aliphatic heterocycles. The summed E-state index contributed by atoms with van der Waals surface area (Å²) >= 11 is 0. The number of carbonyl (C=O) groups is 3. The molecule has 0 aromatic carbocycles. The molecule has 5 aliphatic rings. The lowest BCUT2D eigenvalue weighted by atomic mass is 9.42. The van der Waals surface area contributed by atoms with Crippen LogP contribution in [0, 0.1) is 28.6 Å². The molecular formula is C28H42O10. The van der Waals surface area contributed by atoms with E-state index in [2.05, 4.69) is 13.8 Å². The van der Waals surface area contributed by atoms with E-state index in [0.29, 0.717) is 32.5 Å². The Morgan fingerprint density at radius 3 is 2.18 bits per heavy atom. The van der Waals surface area contributed by atoms with Crippen molar-refractivity contribution >= 4 is 17.9 Å². The van der Waals surface area contributed by atoms with E-state index >= 15 is 0 Å². The molecule has 10 heteroatoms. The number of esters is 3. The van der Waals surface area contributed by atoms with Gasteiger partial charge in [-0.05, 0) is 44.4 Å². The van der Waals surface area contributed by atoms with Crippen LogP contribution in [-0.2, 0) is 47.5 Å². The predicted octanol–water partition coefficient (Wildman–Crippen LogP) is 3.14. The summed E-state index contributed by atoms with van der Waals surface area (Å²) in [5.74, 6) is -0.960. The largest absolute Gasteiger partial charge is 0.465 e. The SMILES string of the molecule is CCOC1CC2CC(C3(C)C(C)CC(OC(C)=O)C4(COC(C)=O)C3CCC(OC(C)=O)C43CO3)OC2O1. The van der Waals surface area contributed by atoms with E-state index in [9.17, 15) is 14.4 Å². The predicted molar refractivity (Wildman–Crippen MR) is 131 cm³/mol. The van der Waals surface area contributed by atoms with Gasteiger partial charge in [-0.25, -0.2) is 0 Å². The first-order valence-electron chi connectivity index (χ1n) is 14.0. The van der Waals surface area contributed by atoms with E-state index < -0.39 is 41.1 Å². The minimum atomic E-state index is -0.913. The first kappa shape index (κ1) is 27.8. The first-order chi connectivity index (χ1) is 18.0. The van der Waals surface area contributed by atoms with Gasteiger partial charge >= 0.3 is 17.9 Å². The molecule has 0 N–H and O–H groups in total. The monoisotopic (exact) mass is 538 g/mol. The lowest BCUT2D eigenvalue weighted by Crippen LogP contribution is -2.72. The summed E-state index contributed by atoms with van der Waals surface area (Å²) in [7, 11) is 0. The highest BCUT2D eigenvalue weighted by atomic mass is 16.8. The van der Waals surface area contributed by atoms with Gasteiger partial charge in [-0.2, -0.15) is 0 Å². The molecule has 0 aromatic rings. The standard InChI is InChI=1S/C28H42O10/c1-7-32-24-12-19-11-22(37-25(19)38-24)26(6)15(2)10-23(36-18(5)31)27(13-33-16(3)29)20(26)8-9-21(35-17(4)30)28(27)14-34-28/h15,19-25H,7-14H2,1-6H3. The van der Waals surface area contributed by atoms with Crippen LogP contribution < -0.4 is 0 Å². The highest BCUT2D eigenvalue weighted by molar-refractivity contribution is 5.67. The van der Waals surface area contributed by atoms with E-state index in [-0.39, 0.29) is 48.5 Å². The van der Waals surface area contributed by atoms with Crippen LogP contribution in [0.1, 0.15) is 73.6 Å². The Morgan fingerprint density at radius 2 is 1.61 bits per heavy atom. The fourth-order valence-electron chi connectivity index (χ4n) is 8.43. The quantitative estimate of drug-likeness (QED) is 0.272. The lowest BCUT2D eigenvalue weighted by Gasteiger charge is -2.64. The fraction of sp³-hybridized carbons (Fsp3) is 0.893. The molecule has 11 atom stereocenters. The van der Waals surface area contributed by atoms with Gasteiger partial charge in [0.05, 0.1) is 18.1 Å². The van der Waals surface area contributed by atoms with Crippen molar-refractivity contribution in [3.05, 3.63) is 0 Å². The third kappa shape index (κ3) is 4.26. The molecule has 2 saturated carbocycles. The smallest absolute Gasteiger partial charge is 0.303 e. The van der Waals surface area contributed by atoms with Crippen LogP contribution in [0.15, 0.2) is 0 Å². The Hall–Kier alpha value is -1.75. The summed E-state index contributed by atoms with van der Waals surface area (Å²) in [6.45, 7) is 11.5. The van der Waals surface area contributed by atoms with Crippen molar-refractivity contribution in [3.63, 3.8) is 0 Å². The Morgan fingerprint density at radius 1 is 0.921 bits per heavy atom. The molecule has 11 unspecified atom stereocenters. The topological polar surface area (TPSA) is 119 Å². The van der Waals surface area contributed by atoms with Gasteiger partial charge in [0.2, 0.25) is 0 Å². The van der Waals surface area contributed by atoms with Crippen molar-refractivity contribution in [3.8, 4) is 0 Å². The van der Waals surface area contributed by atoms with Gasteiger partial charge in [0.1, 0.15) is 24.4 Å². The Kier molecular flexibility index (Phi) is 7.33. The summed E-state index contributed by atoms with van der Waals surface area (Å²) in [4.78, 5) is 36.7. The molecule has 5 fully saturated rings. The number of ether oxygens (including phenoxy) is 7. The van der Waals surface area contributed by atoms with Gasteiger partial charge in [-0.1, -0.05) is 13.8 Å². The van der Waals surface area contributed by atoms with E-state index in [1.54, 1.807) is 0 Å². The van der Waals surface area contributed by atoms with E-state index in [1.165, 1.54) is 20.8 Å². The highest BCUT2D eigenvalue weighted by Crippen LogP contribution is 2.70. The van der Waals surface area contributed by atoms with Crippen LogP contribution >= 0.6 is 0 Å². The molecule has 0 radical (unpaired) electrons. The fourth-order valence-corrected chi connectivity index (χ4v) is 8.43. The van der Waals surface area contributed by atoms with Gasteiger partial charge in [-0.15, -0.1) is 0 Å². The summed E-state index contributed by atoms with van der Waals surface area (Å²) < 4.78 is 42.3. The highest BCUT2D eigenvalue weighted by Gasteiger charge is 2.80. The van der Waals surface area contributed by atoms with Crippen molar-refractivity contribution in [2.24, 2.45) is 28.6 Å². The molecule has 3 heterocycles. The number of fused-ring (bicyclic) bond motifs is 3. The molecule has 38 heavy (non-hydrogen) atoms. The molecule has 0 bridgehead atoms. The van der Waals surface area contributed by atoms with Gasteiger partial charge in [0.25, 0.3) is 0 Å². The molecule has 3 saturated heterocycles. The zero-order valence-corrected chi connectivity index (χ0v) is 23.4. The number of rotatable bonds is 7. The normalized spacial score (nSPS) is 47.2. The van der Waals surface area contributed by atoms with Crippen LogP contribution in [0.3, 0.4) is 0 Å². The molecule has 10 nitrogen and oxygen atoms in total. The van der Waals surface area contributed by atoms with Gasteiger partial charge in [0, 0.05) is 45.1 Å². The minimum absolute atomic E-state index is 0.00745. The average molecular weight is 539 g/mol. The number of hydrogen-bond donors (Lipinski definition) is 0. The second kappa shape index (κ2) is 10.0. The van der Waals surface area contributed by atoms with Crippen LogP contribution in [0.2, 0.25) is 0 Å². The maximum absolute atomic E-state index is 12.4. The van der Waals surface area contributed by atoms with Crippen molar-refractivity contribution in [2.45, 2.75) is 110 Å². The molecule has 5 rings (SSSR count). The summed E-state index contributed by atoms with van der Waals surface area (Å²) in [6, 6.07) is 0. The molecule has 2 aliphatic carbocycles. The van der Waals surface area contributed by atoms with E-state index in [0.717, 1.165) is 12.8 Å². The van der Waals surface area contributed by atoms with Crippen LogP contribution in [0.4, 0.5) is 0 Å². The first-order valence-corrected chi connectivity index (χ1v) is 14.0. The third-order valence-corrected chi connectivity index (χ3v) is 10.2. The zero-order chi connectivity index (χ0) is 27.5. The number of carbonyl (C=O) groups excluding carboxylic acids is 3. The minimum Gasteiger partial charge on any atom is -0.465 e. The van der Waals surface area contributed by atoms with Crippen LogP contribution in [-0.4, -0.2) is 74.2 Å². The van der Waals surface area contributed by atoms with Crippen molar-refractivity contribution < 1.29 is 47.5 Å². The lowest BCUT2D eigenvalue weighted by molar-refractivity contribution is -0.277. The zero-order valence-electron chi connectivity index (χ0n) is 23.4. The van der Waals surface area contributed by atoms with E-state index in [1.807, 2.05) is 6.92 Å². The second-order valence-electron chi connectivity index (χ2n) is 12.1. The van der Waals surface area contributed by atoms with Crippen LogP contribution in [0.25, 0.3) is 0 Å². The third-order valence-electron chi connectivity index (χ3n) is 10.2. The molecule has 0 aromatic heterocycles. The van der Waals surface area contributed by atoms with Gasteiger partial charge in [0.15, 0.2) is 12.6 Å². The van der Waals surface area contributed by atoms with E-state index in [4.69, 9.17) is 33.2 Å². The molecule has 214 valence electrons. The van der Waals surface area contributed by atoms with Crippen molar-refractivity contribution in [1.82, 2.24) is 0 Å². The van der Waals surface area contributed by atoms with Gasteiger partial charge in [-0.3, -0.25) is 14.4 Å². The average Bonchev–Trinajstić information content (AvgIpc) is 3.38. The maximum atomic E-state index is 12.4. The van der Waals surface area contributed by atoms with Crippen molar-refractivity contribution in [2.75, 3.05) is 19.8 Å². The Labute approximate surface area is 224 Å². The molecule has 1 spiro atoms. The van der Waals surface area contributed by atoms with Crippen LogP contribution in [0.5, 0.6) is 0 Å². The van der Waals surface area contributed by atoms with Gasteiger partial charge < -0.3 is 33.2 Å². The second-order valence-corrected chi connectivity index (χ2v) is 12.1. The summed E-state index contributed by atoms with van der Waals surface area (Å²) in [5, 5.41) is 0. The summed E-state index contributed by atoms with van der Waals surface area (Å²) in [5.41, 5.74) is -2.19.